The summed E-state index contributed by atoms with van der Waals surface area (Å²) in [5, 5.41) is 0. The summed E-state index contributed by atoms with van der Waals surface area (Å²) in [5.74, 6) is -0.223. The molecule has 1 aliphatic carbocycles. The second-order valence-electron chi connectivity index (χ2n) is 3.94. The third-order valence-corrected chi connectivity index (χ3v) is 2.88. The van der Waals surface area contributed by atoms with Gasteiger partial charge in [-0.05, 0) is 18.6 Å². The van der Waals surface area contributed by atoms with E-state index in [0.717, 1.165) is 5.56 Å². The lowest BCUT2D eigenvalue weighted by Crippen LogP contribution is -2.49. The number of aromatic nitrogens is 1. The number of rotatable bonds is 3. The highest BCUT2D eigenvalue weighted by Crippen LogP contribution is 2.42. The first-order valence-electron chi connectivity index (χ1n) is 5.28. The van der Waals surface area contributed by atoms with Crippen LogP contribution >= 0.6 is 0 Å². The molecule has 0 aliphatic heterocycles. The number of pyridine rings is 1. The molecule has 0 unspecified atom stereocenters. The standard InChI is InChI=1S/C12H13NO3/c1-2-16-11(15)12(6-10(14)7-12)9-4-3-5-13-8-9/h3-5,8H,2,6-7H2,1H3. The van der Waals surface area contributed by atoms with Gasteiger partial charge in [0.2, 0.25) is 0 Å². The fourth-order valence-electron chi connectivity index (χ4n) is 2.00. The molecule has 1 fully saturated rings. The Labute approximate surface area is 93.6 Å². The van der Waals surface area contributed by atoms with Crippen LogP contribution in [0.15, 0.2) is 24.5 Å². The summed E-state index contributed by atoms with van der Waals surface area (Å²) in [4.78, 5) is 27.0. The highest BCUT2D eigenvalue weighted by atomic mass is 16.5. The zero-order valence-corrected chi connectivity index (χ0v) is 9.10. The van der Waals surface area contributed by atoms with Crippen LogP contribution in [0.1, 0.15) is 25.3 Å². The normalized spacial score (nSPS) is 17.7. The minimum Gasteiger partial charge on any atom is -0.465 e. The summed E-state index contributed by atoms with van der Waals surface area (Å²) in [6.45, 7) is 2.09. The lowest BCUT2D eigenvalue weighted by atomic mass is 9.64. The number of hydrogen-bond donors (Lipinski definition) is 0. The molecule has 1 saturated carbocycles. The summed E-state index contributed by atoms with van der Waals surface area (Å²) in [6.07, 6.45) is 3.74. The molecule has 16 heavy (non-hydrogen) atoms. The topological polar surface area (TPSA) is 56.3 Å². The third kappa shape index (κ3) is 1.60. The molecule has 1 heterocycles. The maximum Gasteiger partial charge on any atom is 0.317 e. The Kier molecular flexibility index (Phi) is 2.73. The Bertz CT molecular complexity index is 406. The van der Waals surface area contributed by atoms with Crippen molar-refractivity contribution in [2.24, 2.45) is 0 Å². The number of Topliss-reactive ketones (excluding diaryl/α,β-unsaturated/α-hetero) is 1. The van der Waals surface area contributed by atoms with Gasteiger partial charge in [0, 0.05) is 25.2 Å². The molecule has 1 aromatic rings. The van der Waals surface area contributed by atoms with Crippen molar-refractivity contribution in [1.29, 1.82) is 0 Å². The Morgan fingerprint density at radius 3 is 2.81 bits per heavy atom. The van der Waals surface area contributed by atoms with Crippen LogP contribution < -0.4 is 0 Å². The molecule has 0 radical (unpaired) electrons. The SMILES string of the molecule is CCOC(=O)C1(c2cccnc2)CC(=O)C1. The van der Waals surface area contributed by atoms with Crippen LogP contribution in [0.5, 0.6) is 0 Å². The lowest BCUT2D eigenvalue weighted by Gasteiger charge is -2.37. The van der Waals surface area contributed by atoms with Gasteiger partial charge in [0.1, 0.15) is 11.2 Å². The van der Waals surface area contributed by atoms with Crippen molar-refractivity contribution in [3.8, 4) is 0 Å². The number of carbonyl (C=O) groups excluding carboxylic acids is 2. The highest BCUT2D eigenvalue weighted by Gasteiger charge is 2.52. The molecular formula is C12H13NO3. The Morgan fingerprint density at radius 2 is 2.31 bits per heavy atom. The van der Waals surface area contributed by atoms with E-state index in [1.807, 2.05) is 6.07 Å². The summed E-state index contributed by atoms with van der Waals surface area (Å²) >= 11 is 0. The minimum atomic E-state index is -0.776. The molecule has 0 spiro atoms. The number of nitrogens with zero attached hydrogens (tertiary/aromatic N) is 1. The van der Waals surface area contributed by atoms with Crippen LogP contribution in [0, 0.1) is 0 Å². The smallest absolute Gasteiger partial charge is 0.317 e. The van der Waals surface area contributed by atoms with Crippen molar-refractivity contribution in [3.05, 3.63) is 30.1 Å². The van der Waals surface area contributed by atoms with Gasteiger partial charge in [0.05, 0.1) is 6.61 Å². The first kappa shape index (κ1) is 10.8. The van der Waals surface area contributed by atoms with Crippen molar-refractivity contribution in [1.82, 2.24) is 4.98 Å². The second kappa shape index (κ2) is 4.04. The molecule has 0 bridgehead atoms. The first-order valence-corrected chi connectivity index (χ1v) is 5.28. The van der Waals surface area contributed by atoms with E-state index in [1.54, 1.807) is 25.4 Å². The molecule has 0 N–H and O–H groups in total. The molecule has 0 atom stereocenters. The molecule has 4 heteroatoms. The number of hydrogen-bond acceptors (Lipinski definition) is 4. The zero-order chi connectivity index (χ0) is 11.6. The van der Waals surface area contributed by atoms with E-state index in [2.05, 4.69) is 4.98 Å². The largest absolute Gasteiger partial charge is 0.465 e. The zero-order valence-electron chi connectivity index (χ0n) is 9.10. The maximum absolute atomic E-state index is 11.9. The predicted octanol–water partition coefficient (Wildman–Crippen LogP) is 1.25. The van der Waals surface area contributed by atoms with Crippen molar-refractivity contribution in [2.45, 2.75) is 25.2 Å². The van der Waals surface area contributed by atoms with Crippen LogP contribution in [-0.4, -0.2) is 23.3 Å². The summed E-state index contributed by atoms with van der Waals surface area (Å²) < 4.78 is 5.03. The van der Waals surface area contributed by atoms with Crippen LogP contribution in [0.4, 0.5) is 0 Å². The lowest BCUT2D eigenvalue weighted by molar-refractivity contribution is -0.158. The third-order valence-electron chi connectivity index (χ3n) is 2.88. The second-order valence-corrected chi connectivity index (χ2v) is 3.94. The average molecular weight is 219 g/mol. The van der Waals surface area contributed by atoms with Gasteiger partial charge < -0.3 is 4.74 Å². The molecule has 0 aromatic carbocycles. The van der Waals surface area contributed by atoms with Crippen LogP contribution in [0.2, 0.25) is 0 Å². The maximum atomic E-state index is 11.9. The van der Waals surface area contributed by atoms with E-state index in [9.17, 15) is 9.59 Å². The summed E-state index contributed by atoms with van der Waals surface area (Å²) in [7, 11) is 0. The highest BCUT2D eigenvalue weighted by molar-refractivity contribution is 6.02. The molecule has 0 saturated heterocycles. The molecule has 1 aliphatic rings. The van der Waals surface area contributed by atoms with E-state index in [0.29, 0.717) is 6.61 Å². The van der Waals surface area contributed by atoms with E-state index in [-0.39, 0.29) is 24.6 Å². The molecule has 4 nitrogen and oxygen atoms in total. The Balaban J connectivity index is 2.30. The van der Waals surface area contributed by atoms with Gasteiger partial charge in [-0.25, -0.2) is 0 Å². The van der Waals surface area contributed by atoms with Crippen LogP contribution in [-0.2, 0) is 19.7 Å². The van der Waals surface area contributed by atoms with E-state index in [1.165, 1.54) is 0 Å². The van der Waals surface area contributed by atoms with Gasteiger partial charge in [-0.3, -0.25) is 14.6 Å². The van der Waals surface area contributed by atoms with Crippen LogP contribution in [0.3, 0.4) is 0 Å². The van der Waals surface area contributed by atoms with Gasteiger partial charge in [0.25, 0.3) is 0 Å². The fraction of sp³-hybridized carbons (Fsp3) is 0.417. The monoisotopic (exact) mass is 219 g/mol. The van der Waals surface area contributed by atoms with Gasteiger partial charge in [-0.1, -0.05) is 6.07 Å². The van der Waals surface area contributed by atoms with Crippen molar-refractivity contribution in [3.63, 3.8) is 0 Å². The van der Waals surface area contributed by atoms with Crippen molar-refractivity contribution in [2.75, 3.05) is 6.61 Å². The number of esters is 1. The predicted molar refractivity (Wildman–Crippen MR) is 56.8 cm³/mol. The minimum absolute atomic E-state index is 0.0944. The van der Waals surface area contributed by atoms with Gasteiger partial charge in [-0.15, -0.1) is 0 Å². The fourth-order valence-corrected chi connectivity index (χ4v) is 2.00. The Morgan fingerprint density at radius 1 is 1.56 bits per heavy atom. The summed E-state index contributed by atoms with van der Waals surface area (Å²) in [6, 6.07) is 3.58. The average Bonchev–Trinajstić information content (AvgIpc) is 2.26. The molecule has 0 amide bonds. The van der Waals surface area contributed by atoms with E-state index < -0.39 is 5.41 Å². The number of ketones is 1. The van der Waals surface area contributed by atoms with E-state index in [4.69, 9.17) is 4.74 Å². The molecular weight excluding hydrogens is 206 g/mol. The quantitative estimate of drug-likeness (QED) is 0.718. The number of ether oxygens (including phenoxy) is 1. The van der Waals surface area contributed by atoms with Crippen molar-refractivity contribution >= 4 is 11.8 Å². The Hall–Kier alpha value is -1.71. The van der Waals surface area contributed by atoms with Crippen molar-refractivity contribution < 1.29 is 14.3 Å². The molecule has 84 valence electrons. The molecule has 1 aromatic heterocycles. The van der Waals surface area contributed by atoms with Gasteiger partial charge in [-0.2, -0.15) is 0 Å². The van der Waals surface area contributed by atoms with Gasteiger partial charge in [0.15, 0.2) is 0 Å². The summed E-state index contributed by atoms with van der Waals surface area (Å²) in [5.41, 5.74) is -0.00509. The first-order chi connectivity index (χ1) is 7.69. The van der Waals surface area contributed by atoms with Gasteiger partial charge >= 0.3 is 5.97 Å². The van der Waals surface area contributed by atoms with E-state index >= 15 is 0 Å². The number of carbonyl (C=O) groups is 2. The van der Waals surface area contributed by atoms with Crippen LogP contribution in [0.25, 0.3) is 0 Å². The molecule has 2 rings (SSSR count).